The predicted molar refractivity (Wildman–Crippen MR) is 80.6 cm³/mol. The van der Waals surface area contributed by atoms with Gasteiger partial charge in [0.1, 0.15) is 0 Å². The van der Waals surface area contributed by atoms with Crippen LogP contribution in [-0.4, -0.2) is 5.78 Å². The monoisotopic (exact) mass is 274 g/mol. The van der Waals surface area contributed by atoms with Crippen molar-refractivity contribution in [3.8, 4) is 0 Å². The summed E-state index contributed by atoms with van der Waals surface area (Å²) in [6.07, 6.45) is 5.76. The van der Waals surface area contributed by atoms with Crippen molar-refractivity contribution in [2.45, 2.75) is 33.6 Å². The zero-order chi connectivity index (χ0) is 14.0. The maximum Gasteiger partial charge on any atom is 0.166 e. The zero-order valence-electron chi connectivity index (χ0n) is 11.7. The Morgan fingerprint density at radius 2 is 2.05 bits per heavy atom. The quantitative estimate of drug-likeness (QED) is 0.691. The Morgan fingerprint density at radius 3 is 2.63 bits per heavy atom. The van der Waals surface area contributed by atoms with Crippen LogP contribution in [-0.2, 0) is 0 Å². The standard InChI is InChI=1S/C17H19ClO/c1-17(2,3)14-8-7-12(9-14)10-16(19)13-5-4-6-15(18)11-13/h4-6,8-9,11H,7,10H2,1-3H3. The molecule has 100 valence electrons. The highest BCUT2D eigenvalue weighted by atomic mass is 35.5. The molecule has 2 heteroatoms. The first-order valence-electron chi connectivity index (χ1n) is 6.55. The van der Waals surface area contributed by atoms with Crippen LogP contribution in [0.15, 0.2) is 47.6 Å². The molecule has 1 nitrogen and oxygen atoms in total. The molecule has 1 aromatic rings. The summed E-state index contributed by atoms with van der Waals surface area (Å²) >= 11 is 5.91. The van der Waals surface area contributed by atoms with E-state index in [1.54, 1.807) is 12.1 Å². The molecule has 1 aromatic carbocycles. The molecule has 2 rings (SSSR count). The van der Waals surface area contributed by atoms with Crippen molar-refractivity contribution in [1.29, 1.82) is 0 Å². The summed E-state index contributed by atoms with van der Waals surface area (Å²) in [7, 11) is 0. The van der Waals surface area contributed by atoms with Crippen molar-refractivity contribution in [3.05, 3.63) is 58.1 Å². The van der Waals surface area contributed by atoms with Crippen molar-refractivity contribution < 1.29 is 4.79 Å². The van der Waals surface area contributed by atoms with E-state index >= 15 is 0 Å². The van der Waals surface area contributed by atoms with E-state index in [4.69, 9.17) is 11.6 Å². The van der Waals surface area contributed by atoms with Gasteiger partial charge in [0.15, 0.2) is 5.78 Å². The number of allylic oxidation sites excluding steroid dienone is 4. The summed E-state index contributed by atoms with van der Waals surface area (Å²) in [6, 6.07) is 7.16. The summed E-state index contributed by atoms with van der Waals surface area (Å²) in [6.45, 7) is 6.57. The van der Waals surface area contributed by atoms with Gasteiger partial charge in [-0.25, -0.2) is 0 Å². The van der Waals surface area contributed by atoms with Crippen molar-refractivity contribution >= 4 is 17.4 Å². The van der Waals surface area contributed by atoms with Crippen LogP contribution in [0.25, 0.3) is 0 Å². The fourth-order valence-corrected chi connectivity index (χ4v) is 2.39. The van der Waals surface area contributed by atoms with E-state index in [0.29, 0.717) is 17.0 Å². The second kappa shape index (κ2) is 5.34. The maximum atomic E-state index is 12.2. The topological polar surface area (TPSA) is 17.1 Å². The molecule has 0 saturated heterocycles. The summed E-state index contributed by atoms with van der Waals surface area (Å²) in [5.74, 6) is 0.136. The first-order valence-corrected chi connectivity index (χ1v) is 6.93. The van der Waals surface area contributed by atoms with Gasteiger partial charge >= 0.3 is 0 Å². The van der Waals surface area contributed by atoms with Gasteiger partial charge in [-0.15, -0.1) is 0 Å². The van der Waals surface area contributed by atoms with E-state index in [9.17, 15) is 4.79 Å². The smallest absolute Gasteiger partial charge is 0.166 e. The lowest BCUT2D eigenvalue weighted by atomic mass is 9.87. The largest absolute Gasteiger partial charge is 0.294 e. The molecule has 0 aromatic heterocycles. The molecule has 0 heterocycles. The van der Waals surface area contributed by atoms with Gasteiger partial charge in [-0.05, 0) is 29.5 Å². The lowest BCUT2D eigenvalue weighted by Gasteiger charge is -2.18. The Kier molecular flexibility index (Phi) is 3.96. The molecule has 19 heavy (non-hydrogen) atoms. The number of ketones is 1. The zero-order valence-corrected chi connectivity index (χ0v) is 12.4. The molecule has 0 unspecified atom stereocenters. The summed E-state index contributed by atoms with van der Waals surface area (Å²) in [4.78, 5) is 12.2. The van der Waals surface area contributed by atoms with Crippen LogP contribution in [0.3, 0.4) is 0 Å². The second-order valence-electron chi connectivity index (χ2n) is 6.03. The fourth-order valence-electron chi connectivity index (χ4n) is 2.19. The molecule has 0 radical (unpaired) electrons. The van der Waals surface area contributed by atoms with Crippen LogP contribution in [0, 0.1) is 5.41 Å². The lowest BCUT2D eigenvalue weighted by Crippen LogP contribution is -2.06. The van der Waals surface area contributed by atoms with Gasteiger partial charge in [0.05, 0.1) is 0 Å². The minimum atomic E-state index is 0.136. The van der Waals surface area contributed by atoms with Crippen LogP contribution in [0.2, 0.25) is 5.02 Å². The Hall–Kier alpha value is -1.34. The maximum absolute atomic E-state index is 12.2. The molecular weight excluding hydrogens is 256 g/mol. The van der Waals surface area contributed by atoms with Crippen LogP contribution in [0.4, 0.5) is 0 Å². The lowest BCUT2D eigenvalue weighted by molar-refractivity contribution is 0.0992. The number of Topliss-reactive ketones (excluding diaryl/α,β-unsaturated/α-hetero) is 1. The van der Waals surface area contributed by atoms with Gasteiger partial charge in [0.2, 0.25) is 0 Å². The van der Waals surface area contributed by atoms with Crippen LogP contribution >= 0.6 is 11.6 Å². The molecule has 0 aliphatic heterocycles. The predicted octanol–water partition coefficient (Wildman–Crippen LogP) is 5.22. The van der Waals surface area contributed by atoms with Crippen molar-refractivity contribution in [1.82, 2.24) is 0 Å². The SMILES string of the molecule is CC(C)(C)C1=CCC(CC(=O)c2cccc(Cl)c2)=C1. The molecule has 0 spiro atoms. The van der Waals surface area contributed by atoms with Crippen molar-refractivity contribution in [3.63, 3.8) is 0 Å². The van der Waals surface area contributed by atoms with Gasteiger partial charge in [0.25, 0.3) is 0 Å². The van der Waals surface area contributed by atoms with Crippen LogP contribution in [0.5, 0.6) is 0 Å². The second-order valence-corrected chi connectivity index (χ2v) is 6.46. The molecule has 0 saturated carbocycles. The molecule has 1 aliphatic carbocycles. The van der Waals surface area contributed by atoms with Gasteiger partial charge in [-0.3, -0.25) is 4.79 Å². The number of carbonyl (C=O) groups excluding carboxylic acids is 1. The minimum absolute atomic E-state index is 0.136. The van der Waals surface area contributed by atoms with Crippen LogP contribution in [0.1, 0.15) is 44.0 Å². The molecule has 0 bridgehead atoms. The summed E-state index contributed by atoms with van der Waals surface area (Å²) in [5, 5.41) is 0.611. The van der Waals surface area contributed by atoms with E-state index in [1.807, 2.05) is 12.1 Å². The molecular formula is C17H19ClO. The first-order chi connectivity index (χ1) is 8.86. The molecule has 1 aliphatic rings. The number of hydrogen-bond donors (Lipinski definition) is 0. The third-order valence-corrected chi connectivity index (χ3v) is 3.58. The number of carbonyl (C=O) groups is 1. The van der Waals surface area contributed by atoms with E-state index < -0.39 is 0 Å². The highest BCUT2D eigenvalue weighted by Gasteiger charge is 2.20. The average Bonchev–Trinajstić information content (AvgIpc) is 2.77. The first kappa shape index (κ1) is 14.1. The van der Waals surface area contributed by atoms with Gasteiger partial charge in [-0.1, -0.05) is 62.2 Å². The van der Waals surface area contributed by atoms with Gasteiger partial charge in [0, 0.05) is 17.0 Å². The van der Waals surface area contributed by atoms with Crippen molar-refractivity contribution in [2.75, 3.05) is 0 Å². The average molecular weight is 275 g/mol. The van der Waals surface area contributed by atoms with E-state index in [1.165, 1.54) is 11.1 Å². The third kappa shape index (κ3) is 3.57. The molecule has 0 atom stereocenters. The Labute approximate surface area is 120 Å². The van der Waals surface area contributed by atoms with Gasteiger partial charge in [-0.2, -0.15) is 0 Å². The summed E-state index contributed by atoms with van der Waals surface area (Å²) in [5.41, 5.74) is 3.36. The highest BCUT2D eigenvalue weighted by molar-refractivity contribution is 6.31. The molecule has 0 fully saturated rings. The normalized spacial score (nSPS) is 15.2. The number of benzene rings is 1. The Balaban J connectivity index is 2.06. The molecule has 0 amide bonds. The van der Waals surface area contributed by atoms with Gasteiger partial charge < -0.3 is 0 Å². The Bertz CT molecular complexity index is 559. The van der Waals surface area contributed by atoms with Crippen molar-refractivity contribution in [2.24, 2.45) is 5.41 Å². The number of hydrogen-bond acceptors (Lipinski definition) is 1. The number of halogens is 1. The number of rotatable bonds is 3. The minimum Gasteiger partial charge on any atom is -0.294 e. The fraction of sp³-hybridized carbons (Fsp3) is 0.353. The third-order valence-electron chi connectivity index (χ3n) is 3.34. The highest BCUT2D eigenvalue weighted by Crippen LogP contribution is 2.33. The van der Waals surface area contributed by atoms with Crippen LogP contribution < -0.4 is 0 Å². The Morgan fingerprint density at radius 1 is 1.32 bits per heavy atom. The van der Waals surface area contributed by atoms with E-state index in [0.717, 1.165) is 6.42 Å². The molecule has 0 N–H and O–H groups in total. The van der Waals surface area contributed by atoms with E-state index in [2.05, 4.69) is 32.9 Å². The van der Waals surface area contributed by atoms with E-state index in [-0.39, 0.29) is 11.2 Å². The summed E-state index contributed by atoms with van der Waals surface area (Å²) < 4.78 is 0.